The van der Waals surface area contributed by atoms with Crippen LogP contribution in [0.4, 0.5) is 18.9 Å². The summed E-state index contributed by atoms with van der Waals surface area (Å²) in [6.07, 6.45) is 8.03. The third kappa shape index (κ3) is 6.25. The molecule has 0 unspecified atom stereocenters. The molecule has 1 aliphatic heterocycles. The smallest absolute Gasteiger partial charge is 0.225 e. The highest BCUT2D eigenvalue weighted by atomic mass is 19.1. The maximum absolute atomic E-state index is 14.9. The molecule has 200 valence electrons. The quantitative estimate of drug-likeness (QED) is 0.386. The van der Waals surface area contributed by atoms with Crippen molar-refractivity contribution in [1.29, 1.82) is 0 Å². The maximum atomic E-state index is 14.9. The van der Waals surface area contributed by atoms with Crippen LogP contribution in [0.1, 0.15) is 61.1 Å². The fourth-order valence-electron chi connectivity index (χ4n) is 5.71. The zero-order valence-electron chi connectivity index (χ0n) is 21.2. The Kier molecular flexibility index (Phi) is 8.09. The van der Waals surface area contributed by atoms with Gasteiger partial charge >= 0.3 is 0 Å². The highest BCUT2D eigenvalue weighted by Gasteiger charge is 2.39. The lowest BCUT2D eigenvalue weighted by Gasteiger charge is -2.39. The molecule has 2 aliphatic rings. The first-order chi connectivity index (χ1) is 18.4. The molecule has 1 aromatic heterocycles. The van der Waals surface area contributed by atoms with E-state index < -0.39 is 11.7 Å². The van der Waals surface area contributed by atoms with Crippen molar-refractivity contribution in [3.63, 3.8) is 0 Å². The molecule has 2 aromatic carbocycles. The number of carbonyl (C=O) groups is 1. The van der Waals surface area contributed by atoms with Crippen molar-refractivity contribution in [2.45, 2.75) is 62.6 Å². The van der Waals surface area contributed by atoms with E-state index in [2.05, 4.69) is 15.6 Å². The van der Waals surface area contributed by atoms with Gasteiger partial charge in [0, 0.05) is 31.0 Å². The van der Waals surface area contributed by atoms with Gasteiger partial charge in [-0.2, -0.15) is 0 Å². The molecule has 2 heterocycles. The minimum atomic E-state index is -0.476. The van der Waals surface area contributed by atoms with E-state index in [4.69, 9.17) is 4.74 Å². The molecule has 2 N–H and O–H groups in total. The minimum absolute atomic E-state index is 0.00535. The normalized spacial score (nSPS) is 18.7. The van der Waals surface area contributed by atoms with E-state index in [9.17, 15) is 18.0 Å². The molecule has 1 aliphatic carbocycles. The number of ether oxygens (including phenoxy) is 1. The predicted octanol–water partition coefficient (Wildman–Crippen LogP) is 5.89. The SMILES string of the molecule is O=C(CC(c1ccc(F)cc1)c1ccc(F)cc1)Nc1cncc(F)c1CC[C@@H]1CNCC2(CCCC2)O1. The highest BCUT2D eigenvalue weighted by molar-refractivity contribution is 5.92. The highest BCUT2D eigenvalue weighted by Crippen LogP contribution is 2.36. The molecule has 1 atom stereocenters. The van der Waals surface area contributed by atoms with Crippen LogP contribution in [0.2, 0.25) is 0 Å². The van der Waals surface area contributed by atoms with E-state index in [1.807, 2.05) is 0 Å². The first-order valence-electron chi connectivity index (χ1n) is 13.2. The minimum Gasteiger partial charge on any atom is -0.369 e. The zero-order chi connectivity index (χ0) is 26.5. The van der Waals surface area contributed by atoms with Crippen LogP contribution in [0.5, 0.6) is 0 Å². The number of benzene rings is 2. The van der Waals surface area contributed by atoms with Gasteiger partial charge in [-0.1, -0.05) is 37.1 Å². The van der Waals surface area contributed by atoms with Crippen LogP contribution in [0.15, 0.2) is 60.9 Å². The van der Waals surface area contributed by atoms with Gasteiger partial charge < -0.3 is 15.4 Å². The van der Waals surface area contributed by atoms with Crippen LogP contribution < -0.4 is 10.6 Å². The third-order valence-corrected chi connectivity index (χ3v) is 7.68. The number of rotatable bonds is 8. The second-order valence-corrected chi connectivity index (χ2v) is 10.4. The van der Waals surface area contributed by atoms with E-state index in [1.165, 1.54) is 43.3 Å². The Morgan fingerprint density at radius 2 is 1.63 bits per heavy atom. The van der Waals surface area contributed by atoms with Gasteiger partial charge in [-0.15, -0.1) is 0 Å². The lowest BCUT2D eigenvalue weighted by Crippen LogP contribution is -2.52. The van der Waals surface area contributed by atoms with Crippen molar-refractivity contribution in [3.05, 3.63) is 95.1 Å². The molecule has 38 heavy (non-hydrogen) atoms. The number of anilines is 1. The lowest BCUT2D eigenvalue weighted by atomic mass is 9.88. The van der Waals surface area contributed by atoms with Gasteiger partial charge in [0.15, 0.2) is 0 Å². The second kappa shape index (κ2) is 11.7. The molecule has 1 spiro atoms. The topological polar surface area (TPSA) is 63.2 Å². The first kappa shape index (κ1) is 26.4. The fourth-order valence-corrected chi connectivity index (χ4v) is 5.71. The lowest BCUT2D eigenvalue weighted by molar-refractivity contribution is -0.116. The van der Waals surface area contributed by atoms with Crippen molar-refractivity contribution in [2.75, 3.05) is 18.4 Å². The fraction of sp³-hybridized carbons (Fsp3) is 0.400. The van der Waals surface area contributed by atoms with Gasteiger partial charge in [0.1, 0.15) is 17.5 Å². The monoisotopic (exact) mass is 523 g/mol. The Hall–Kier alpha value is -3.23. The molecular formula is C30H32F3N3O2. The van der Waals surface area contributed by atoms with Crippen molar-refractivity contribution in [2.24, 2.45) is 0 Å². The predicted molar refractivity (Wildman–Crippen MR) is 139 cm³/mol. The van der Waals surface area contributed by atoms with Crippen molar-refractivity contribution >= 4 is 11.6 Å². The number of hydrogen-bond acceptors (Lipinski definition) is 4. The summed E-state index contributed by atoms with van der Waals surface area (Å²) in [5.74, 6) is -2.04. The van der Waals surface area contributed by atoms with Gasteiger partial charge in [0.2, 0.25) is 5.91 Å². The maximum Gasteiger partial charge on any atom is 0.225 e. The Labute approximate surface area is 220 Å². The van der Waals surface area contributed by atoms with Crippen LogP contribution in [-0.4, -0.2) is 35.7 Å². The van der Waals surface area contributed by atoms with E-state index in [0.29, 0.717) is 41.8 Å². The summed E-state index contributed by atoms with van der Waals surface area (Å²) in [5.41, 5.74) is 2.04. The standard InChI is InChI=1S/C30H32F3N3O2/c31-22-7-3-20(4-8-22)26(21-5-9-23(32)10-6-21)15-29(37)36-28-18-34-17-27(33)25(28)12-11-24-16-35-19-30(38-24)13-1-2-14-30/h3-10,17-18,24,26,35H,1-2,11-16,19H2,(H,36,37)/t24-/m1/s1. The number of amides is 1. The summed E-state index contributed by atoms with van der Waals surface area (Å²) >= 11 is 0. The Morgan fingerprint density at radius 3 is 2.26 bits per heavy atom. The number of pyridine rings is 1. The molecule has 2 fully saturated rings. The number of aromatic nitrogens is 1. The molecule has 0 radical (unpaired) electrons. The van der Waals surface area contributed by atoms with Crippen molar-refractivity contribution < 1.29 is 22.7 Å². The van der Waals surface area contributed by atoms with E-state index in [-0.39, 0.29) is 35.7 Å². The molecule has 5 rings (SSSR count). The number of halogens is 3. The molecule has 1 saturated heterocycles. The Balaban J connectivity index is 1.29. The van der Waals surface area contributed by atoms with Gasteiger partial charge in [-0.05, 0) is 61.1 Å². The zero-order valence-corrected chi connectivity index (χ0v) is 21.2. The van der Waals surface area contributed by atoms with Gasteiger partial charge in [0.05, 0.1) is 29.8 Å². The number of carbonyl (C=O) groups excluding carboxylic acids is 1. The van der Waals surface area contributed by atoms with E-state index in [0.717, 1.165) is 25.6 Å². The van der Waals surface area contributed by atoms with Crippen LogP contribution >= 0.6 is 0 Å². The van der Waals surface area contributed by atoms with Crippen LogP contribution in [0, 0.1) is 17.5 Å². The van der Waals surface area contributed by atoms with E-state index >= 15 is 0 Å². The van der Waals surface area contributed by atoms with Crippen LogP contribution in [0.25, 0.3) is 0 Å². The summed E-state index contributed by atoms with van der Waals surface area (Å²) in [5, 5.41) is 6.31. The number of morpholine rings is 1. The molecule has 1 saturated carbocycles. The first-order valence-corrected chi connectivity index (χ1v) is 13.2. The van der Waals surface area contributed by atoms with Gasteiger partial charge in [-0.3, -0.25) is 9.78 Å². The Bertz CT molecular complexity index is 1200. The van der Waals surface area contributed by atoms with Gasteiger partial charge in [-0.25, -0.2) is 13.2 Å². The average Bonchev–Trinajstić information content (AvgIpc) is 3.35. The summed E-state index contributed by atoms with van der Waals surface area (Å²) in [6, 6.07) is 11.8. The Morgan fingerprint density at radius 1 is 1.00 bits per heavy atom. The number of nitrogens with zero attached hydrogens (tertiary/aromatic N) is 1. The average molecular weight is 524 g/mol. The summed E-state index contributed by atoms with van der Waals surface area (Å²) < 4.78 is 48.4. The molecule has 5 nitrogen and oxygen atoms in total. The second-order valence-electron chi connectivity index (χ2n) is 10.4. The van der Waals surface area contributed by atoms with Crippen molar-refractivity contribution in [1.82, 2.24) is 10.3 Å². The molecule has 3 aromatic rings. The van der Waals surface area contributed by atoms with Crippen molar-refractivity contribution in [3.8, 4) is 0 Å². The third-order valence-electron chi connectivity index (χ3n) is 7.68. The molecular weight excluding hydrogens is 491 g/mol. The summed E-state index contributed by atoms with van der Waals surface area (Å²) in [4.78, 5) is 17.1. The molecule has 1 amide bonds. The molecule has 8 heteroatoms. The summed E-state index contributed by atoms with van der Waals surface area (Å²) in [6.45, 7) is 1.57. The van der Waals surface area contributed by atoms with Crippen LogP contribution in [-0.2, 0) is 16.0 Å². The summed E-state index contributed by atoms with van der Waals surface area (Å²) in [7, 11) is 0. The van der Waals surface area contributed by atoms with Gasteiger partial charge in [0.25, 0.3) is 0 Å². The number of hydrogen-bond donors (Lipinski definition) is 2. The largest absolute Gasteiger partial charge is 0.369 e. The van der Waals surface area contributed by atoms with E-state index in [1.54, 1.807) is 24.3 Å². The molecule has 0 bridgehead atoms. The van der Waals surface area contributed by atoms with Crippen LogP contribution in [0.3, 0.4) is 0 Å². The number of nitrogens with one attached hydrogen (secondary N) is 2.